The van der Waals surface area contributed by atoms with Gasteiger partial charge in [-0.3, -0.25) is 4.79 Å². The summed E-state index contributed by atoms with van der Waals surface area (Å²) < 4.78 is 51.8. The Morgan fingerprint density at radius 2 is 2.08 bits per heavy atom. The number of fused-ring (bicyclic) bond motifs is 1. The van der Waals surface area contributed by atoms with Gasteiger partial charge in [0.15, 0.2) is 15.7 Å². The molecule has 0 aliphatic rings. The number of anilines is 1. The van der Waals surface area contributed by atoms with E-state index in [4.69, 9.17) is 0 Å². The smallest absolute Gasteiger partial charge is 0.241 e. The lowest BCUT2D eigenvalue weighted by Gasteiger charge is -2.05. The van der Waals surface area contributed by atoms with Crippen molar-refractivity contribution < 1.29 is 22.0 Å². The van der Waals surface area contributed by atoms with Crippen LogP contribution in [0, 0.1) is 11.6 Å². The monoisotopic (exact) mass is 352 g/mol. The number of nitrogens with zero attached hydrogens (tertiary/aromatic N) is 2. The van der Waals surface area contributed by atoms with Crippen molar-refractivity contribution >= 4 is 32.5 Å². The molecule has 2 N–H and O–H groups in total. The van der Waals surface area contributed by atoms with Gasteiger partial charge >= 0.3 is 0 Å². The number of halogens is 2. The maximum absolute atomic E-state index is 13.9. The van der Waals surface area contributed by atoms with Crippen molar-refractivity contribution in [3.63, 3.8) is 0 Å². The normalized spacial score (nSPS) is 11.6. The first-order chi connectivity index (χ1) is 11.4. The maximum atomic E-state index is 13.9. The second-order valence-electron chi connectivity index (χ2n) is 4.88. The maximum Gasteiger partial charge on any atom is 0.241 e. The molecule has 7 nitrogen and oxygen atoms in total. The molecule has 0 fully saturated rings. The quantitative estimate of drug-likeness (QED) is 0.743. The summed E-state index contributed by atoms with van der Waals surface area (Å²) in [7, 11) is -4.15. The lowest BCUT2D eigenvalue weighted by atomic mass is 10.2. The van der Waals surface area contributed by atoms with Crippen LogP contribution in [-0.4, -0.2) is 35.3 Å². The number of sulfone groups is 1. The van der Waals surface area contributed by atoms with Crippen molar-refractivity contribution in [2.75, 3.05) is 11.1 Å². The molecule has 0 unspecified atom stereocenters. The van der Waals surface area contributed by atoms with Gasteiger partial charge in [0.1, 0.15) is 17.4 Å². The van der Waals surface area contributed by atoms with Crippen LogP contribution >= 0.6 is 0 Å². The predicted octanol–water partition coefficient (Wildman–Crippen LogP) is 1.65. The second kappa shape index (κ2) is 5.96. The molecule has 2 heterocycles. The van der Waals surface area contributed by atoms with E-state index in [1.165, 1.54) is 18.3 Å². The van der Waals surface area contributed by atoms with Gasteiger partial charge < -0.3 is 10.3 Å². The number of amides is 1. The molecule has 0 radical (unpaired) electrons. The van der Waals surface area contributed by atoms with E-state index in [1.54, 1.807) is 0 Å². The lowest BCUT2D eigenvalue weighted by molar-refractivity contribution is -0.113. The standard InChI is InChI=1S/C14H10F2N4O3S/c15-8-4-9(16)14-10(5-8)17-6-11(14)24(22,23)7-13(21)19-12-2-1-3-18-20-12/h1-6,17H,7H2,(H,19,20,21). The number of carbonyl (C=O) groups is 1. The first kappa shape index (κ1) is 16.0. The van der Waals surface area contributed by atoms with E-state index in [-0.39, 0.29) is 16.7 Å². The highest BCUT2D eigenvalue weighted by Crippen LogP contribution is 2.27. The van der Waals surface area contributed by atoms with E-state index in [2.05, 4.69) is 20.5 Å². The number of rotatable bonds is 4. The summed E-state index contributed by atoms with van der Waals surface area (Å²) in [6, 6.07) is 4.50. The fourth-order valence-electron chi connectivity index (χ4n) is 2.20. The number of benzene rings is 1. The minimum Gasteiger partial charge on any atom is -0.360 e. The zero-order valence-corrected chi connectivity index (χ0v) is 12.8. The fourth-order valence-corrected chi connectivity index (χ4v) is 3.53. The number of carbonyl (C=O) groups excluding carboxylic acids is 1. The molecule has 0 spiro atoms. The van der Waals surface area contributed by atoms with Crippen LogP contribution in [0.2, 0.25) is 0 Å². The van der Waals surface area contributed by atoms with Crippen molar-refractivity contribution in [1.29, 1.82) is 0 Å². The largest absolute Gasteiger partial charge is 0.360 e. The number of aromatic nitrogens is 3. The summed E-state index contributed by atoms with van der Waals surface area (Å²) >= 11 is 0. The van der Waals surface area contributed by atoms with Crippen LogP contribution in [0.25, 0.3) is 10.9 Å². The fraction of sp³-hybridized carbons (Fsp3) is 0.0714. The van der Waals surface area contributed by atoms with Crippen LogP contribution in [0.3, 0.4) is 0 Å². The van der Waals surface area contributed by atoms with Gasteiger partial charge in [0.25, 0.3) is 0 Å². The average Bonchev–Trinajstić information content (AvgIpc) is 2.92. The van der Waals surface area contributed by atoms with Crippen LogP contribution < -0.4 is 5.32 Å². The van der Waals surface area contributed by atoms with Gasteiger partial charge in [0, 0.05) is 18.5 Å². The highest BCUT2D eigenvalue weighted by molar-refractivity contribution is 7.92. The first-order valence-corrected chi connectivity index (χ1v) is 8.28. The summed E-state index contributed by atoms with van der Waals surface area (Å²) in [5, 5.41) is 9.13. The third kappa shape index (κ3) is 3.08. The molecule has 0 bridgehead atoms. The number of nitrogens with one attached hydrogen (secondary N) is 2. The SMILES string of the molecule is O=C(CS(=O)(=O)c1c[nH]c2cc(F)cc(F)c12)Nc1cccnn1. The summed E-state index contributed by atoms with van der Waals surface area (Å²) in [6.45, 7) is 0. The van der Waals surface area contributed by atoms with Crippen molar-refractivity contribution in [3.05, 3.63) is 48.3 Å². The molecule has 124 valence electrons. The molecule has 0 aliphatic carbocycles. The number of hydrogen-bond acceptors (Lipinski definition) is 5. The molecule has 2 aromatic heterocycles. The van der Waals surface area contributed by atoms with Crippen molar-refractivity contribution in [1.82, 2.24) is 15.2 Å². The molecule has 0 saturated carbocycles. The summed E-state index contributed by atoms with van der Waals surface area (Å²) in [5.41, 5.74) is -0.0135. The van der Waals surface area contributed by atoms with Crippen molar-refractivity contribution in [2.45, 2.75) is 4.90 Å². The Labute approximate surface area is 134 Å². The van der Waals surface area contributed by atoms with E-state index < -0.39 is 38.0 Å². The molecular weight excluding hydrogens is 342 g/mol. The Hall–Kier alpha value is -2.88. The molecule has 3 rings (SSSR count). The molecule has 24 heavy (non-hydrogen) atoms. The number of hydrogen-bond donors (Lipinski definition) is 2. The highest BCUT2D eigenvalue weighted by Gasteiger charge is 2.25. The Balaban J connectivity index is 1.90. The zero-order valence-electron chi connectivity index (χ0n) is 12.0. The van der Waals surface area contributed by atoms with Gasteiger partial charge in [-0.15, -0.1) is 5.10 Å². The second-order valence-corrected chi connectivity index (χ2v) is 6.84. The molecule has 0 atom stereocenters. The van der Waals surface area contributed by atoms with Crippen molar-refractivity contribution in [2.24, 2.45) is 0 Å². The van der Waals surface area contributed by atoms with E-state index in [1.807, 2.05) is 0 Å². The van der Waals surface area contributed by atoms with Gasteiger partial charge in [0.05, 0.1) is 15.8 Å². The van der Waals surface area contributed by atoms with Gasteiger partial charge in [-0.05, 0) is 18.2 Å². The molecule has 10 heteroatoms. The molecular formula is C14H10F2N4O3S. The summed E-state index contributed by atoms with van der Waals surface area (Å²) in [4.78, 5) is 13.9. The minimum atomic E-state index is -4.15. The van der Waals surface area contributed by atoms with Gasteiger partial charge in [0.2, 0.25) is 5.91 Å². The van der Waals surface area contributed by atoms with Gasteiger partial charge in [-0.2, -0.15) is 5.10 Å². The van der Waals surface area contributed by atoms with Crippen LogP contribution in [0.4, 0.5) is 14.6 Å². The van der Waals surface area contributed by atoms with E-state index in [0.29, 0.717) is 6.07 Å². The molecule has 0 saturated heterocycles. The van der Waals surface area contributed by atoms with Crippen LogP contribution in [0.15, 0.2) is 41.6 Å². The molecule has 0 aliphatic heterocycles. The third-order valence-corrected chi connectivity index (χ3v) is 4.79. The van der Waals surface area contributed by atoms with E-state index in [9.17, 15) is 22.0 Å². The van der Waals surface area contributed by atoms with Crippen LogP contribution in [0.1, 0.15) is 0 Å². The van der Waals surface area contributed by atoms with Crippen LogP contribution in [0.5, 0.6) is 0 Å². The topological polar surface area (TPSA) is 105 Å². The van der Waals surface area contributed by atoms with Crippen molar-refractivity contribution in [3.8, 4) is 0 Å². The first-order valence-electron chi connectivity index (χ1n) is 6.63. The average molecular weight is 352 g/mol. The molecule has 1 amide bonds. The third-order valence-electron chi connectivity index (χ3n) is 3.16. The van der Waals surface area contributed by atoms with Crippen LogP contribution in [-0.2, 0) is 14.6 Å². The lowest BCUT2D eigenvalue weighted by Crippen LogP contribution is -2.23. The Bertz CT molecular complexity index is 1020. The number of H-pyrrole nitrogens is 1. The van der Waals surface area contributed by atoms with Gasteiger partial charge in [-0.25, -0.2) is 17.2 Å². The predicted molar refractivity (Wildman–Crippen MR) is 80.9 cm³/mol. The summed E-state index contributed by atoms with van der Waals surface area (Å²) in [6.07, 6.45) is 2.42. The summed E-state index contributed by atoms with van der Waals surface area (Å²) in [5.74, 6) is -3.56. The zero-order chi connectivity index (χ0) is 17.3. The Kier molecular flexibility index (Phi) is 3.97. The number of aromatic amines is 1. The van der Waals surface area contributed by atoms with E-state index in [0.717, 1.165) is 12.3 Å². The molecule has 1 aromatic carbocycles. The van der Waals surface area contributed by atoms with Gasteiger partial charge in [-0.1, -0.05) is 0 Å². The minimum absolute atomic E-state index is 0.0135. The Morgan fingerprint density at radius 3 is 2.79 bits per heavy atom. The Morgan fingerprint density at radius 1 is 1.29 bits per heavy atom. The highest BCUT2D eigenvalue weighted by atomic mass is 32.2. The van der Waals surface area contributed by atoms with E-state index >= 15 is 0 Å². The molecule has 3 aromatic rings.